The van der Waals surface area contributed by atoms with E-state index in [9.17, 15) is 9.59 Å². The molecule has 0 aliphatic carbocycles. The largest absolute Gasteiger partial charge is 0.322 e. The van der Waals surface area contributed by atoms with E-state index in [1.54, 1.807) is 4.90 Å². The van der Waals surface area contributed by atoms with E-state index in [0.717, 1.165) is 33.3 Å². The molecule has 3 rings (SSSR count). The third-order valence-electron chi connectivity index (χ3n) is 4.88. The quantitative estimate of drug-likeness (QED) is 0.760. The van der Waals surface area contributed by atoms with Crippen LogP contribution < -0.4 is 10.5 Å². The van der Waals surface area contributed by atoms with Crippen molar-refractivity contribution in [1.82, 2.24) is 4.98 Å². The number of aromatic amines is 1. The van der Waals surface area contributed by atoms with Crippen LogP contribution in [0.25, 0.3) is 10.9 Å². The zero-order valence-corrected chi connectivity index (χ0v) is 15.7. The van der Waals surface area contributed by atoms with E-state index in [-0.39, 0.29) is 18.0 Å². The van der Waals surface area contributed by atoms with Gasteiger partial charge in [0.2, 0.25) is 5.91 Å². The molecule has 0 saturated carbocycles. The van der Waals surface area contributed by atoms with Crippen molar-refractivity contribution in [3.63, 3.8) is 0 Å². The van der Waals surface area contributed by atoms with Gasteiger partial charge in [-0.05, 0) is 61.5 Å². The number of hydrogen-bond acceptors (Lipinski definition) is 2. The lowest BCUT2D eigenvalue weighted by Gasteiger charge is -2.25. The first-order valence-corrected chi connectivity index (χ1v) is 8.90. The summed E-state index contributed by atoms with van der Waals surface area (Å²) in [6.45, 7) is 8.16. The summed E-state index contributed by atoms with van der Waals surface area (Å²) in [5, 5.41) is 0.976. The van der Waals surface area contributed by atoms with Gasteiger partial charge in [-0.15, -0.1) is 0 Å². The highest BCUT2D eigenvalue weighted by Gasteiger charge is 2.19. The van der Waals surface area contributed by atoms with Crippen molar-refractivity contribution < 1.29 is 4.79 Å². The van der Waals surface area contributed by atoms with Crippen LogP contribution in [0.5, 0.6) is 0 Å². The number of anilines is 1. The van der Waals surface area contributed by atoms with E-state index in [0.29, 0.717) is 12.0 Å². The second-order valence-corrected chi connectivity index (χ2v) is 6.77. The summed E-state index contributed by atoms with van der Waals surface area (Å²) in [4.78, 5) is 29.8. The van der Waals surface area contributed by atoms with Crippen molar-refractivity contribution in [2.75, 3.05) is 4.90 Å². The molecule has 0 fully saturated rings. The SMILES string of the molecule is CCC(=O)N(Cc1cc2cc(C)ccc2[nH]c1=O)c1cccc(C)c1C. The standard InChI is InChI=1S/C22H24N2O2/c1-5-21(25)24(20-8-6-7-15(3)16(20)4)13-18-12-17-11-14(2)9-10-19(17)23-22(18)26/h6-12H,5,13H2,1-4H3,(H,23,26). The van der Waals surface area contributed by atoms with Gasteiger partial charge in [0.05, 0.1) is 6.54 Å². The molecule has 2 aromatic carbocycles. The number of fused-ring (bicyclic) bond motifs is 1. The zero-order chi connectivity index (χ0) is 18.8. The minimum atomic E-state index is -0.152. The van der Waals surface area contributed by atoms with Crippen LogP contribution in [0.1, 0.15) is 35.6 Å². The van der Waals surface area contributed by atoms with Crippen LogP contribution in [0, 0.1) is 20.8 Å². The Labute approximate surface area is 153 Å². The van der Waals surface area contributed by atoms with Crippen molar-refractivity contribution in [1.29, 1.82) is 0 Å². The van der Waals surface area contributed by atoms with Crippen LogP contribution in [0.4, 0.5) is 5.69 Å². The minimum Gasteiger partial charge on any atom is -0.322 e. The van der Waals surface area contributed by atoms with Crippen molar-refractivity contribution in [3.8, 4) is 0 Å². The fourth-order valence-electron chi connectivity index (χ4n) is 3.19. The molecule has 0 bridgehead atoms. The highest BCUT2D eigenvalue weighted by atomic mass is 16.2. The van der Waals surface area contributed by atoms with Gasteiger partial charge in [-0.1, -0.05) is 30.7 Å². The third kappa shape index (κ3) is 3.40. The highest BCUT2D eigenvalue weighted by Crippen LogP contribution is 2.25. The lowest BCUT2D eigenvalue weighted by Crippen LogP contribution is -2.32. The Hall–Kier alpha value is -2.88. The second-order valence-electron chi connectivity index (χ2n) is 6.77. The summed E-state index contributed by atoms with van der Waals surface area (Å²) in [6, 6.07) is 13.7. The number of H-pyrrole nitrogens is 1. The number of carbonyl (C=O) groups excluding carboxylic acids is 1. The number of rotatable bonds is 4. The van der Waals surface area contributed by atoms with Gasteiger partial charge < -0.3 is 9.88 Å². The maximum atomic E-state index is 12.6. The van der Waals surface area contributed by atoms with Gasteiger partial charge in [-0.2, -0.15) is 0 Å². The molecule has 26 heavy (non-hydrogen) atoms. The number of pyridine rings is 1. The second kappa shape index (κ2) is 7.16. The van der Waals surface area contributed by atoms with E-state index >= 15 is 0 Å². The van der Waals surface area contributed by atoms with Crippen molar-refractivity contribution in [3.05, 3.63) is 75.1 Å². The molecular weight excluding hydrogens is 324 g/mol. The van der Waals surface area contributed by atoms with E-state index < -0.39 is 0 Å². The monoisotopic (exact) mass is 348 g/mol. The summed E-state index contributed by atoms with van der Waals surface area (Å²) in [5.74, 6) is 0.00226. The Bertz CT molecular complexity index is 1030. The summed E-state index contributed by atoms with van der Waals surface area (Å²) in [5.41, 5.74) is 5.42. The molecule has 0 aliphatic rings. The molecule has 1 aromatic heterocycles. The predicted molar refractivity (Wildman–Crippen MR) is 107 cm³/mol. The average molecular weight is 348 g/mol. The topological polar surface area (TPSA) is 53.2 Å². The van der Waals surface area contributed by atoms with Gasteiger partial charge in [0.25, 0.3) is 5.56 Å². The number of hydrogen-bond donors (Lipinski definition) is 1. The Balaban J connectivity index is 2.09. The molecule has 1 heterocycles. The number of carbonyl (C=O) groups is 1. The fourth-order valence-corrected chi connectivity index (χ4v) is 3.19. The van der Waals surface area contributed by atoms with E-state index in [4.69, 9.17) is 0 Å². The van der Waals surface area contributed by atoms with Gasteiger partial charge >= 0.3 is 0 Å². The van der Waals surface area contributed by atoms with Gasteiger partial charge in [0, 0.05) is 23.2 Å². The van der Waals surface area contributed by atoms with Gasteiger partial charge in [0.1, 0.15) is 0 Å². The Kier molecular flexibility index (Phi) is 4.94. The average Bonchev–Trinajstić information content (AvgIpc) is 2.62. The van der Waals surface area contributed by atoms with Crippen LogP contribution in [0.3, 0.4) is 0 Å². The Morgan fingerprint density at radius 3 is 2.58 bits per heavy atom. The van der Waals surface area contributed by atoms with Crippen LogP contribution in [-0.4, -0.2) is 10.9 Å². The van der Waals surface area contributed by atoms with Crippen molar-refractivity contribution >= 4 is 22.5 Å². The number of benzene rings is 2. The lowest BCUT2D eigenvalue weighted by atomic mass is 10.1. The maximum absolute atomic E-state index is 12.6. The predicted octanol–water partition coefficient (Wildman–Crippen LogP) is 4.40. The summed E-state index contributed by atoms with van der Waals surface area (Å²) < 4.78 is 0. The third-order valence-corrected chi connectivity index (χ3v) is 4.88. The molecule has 1 N–H and O–H groups in total. The molecule has 4 heteroatoms. The number of aryl methyl sites for hydroxylation is 2. The molecule has 0 aliphatic heterocycles. The van der Waals surface area contributed by atoms with Crippen LogP contribution >= 0.6 is 0 Å². The number of aromatic nitrogens is 1. The van der Waals surface area contributed by atoms with Crippen LogP contribution in [0.2, 0.25) is 0 Å². The first-order chi connectivity index (χ1) is 12.4. The lowest BCUT2D eigenvalue weighted by molar-refractivity contribution is -0.118. The molecular formula is C22H24N2O2. The molecule has 0 atom stereocenters. The number of nitrogens with zero attached hydrogens (tertiary/aromatic N) is 1. The van der Waals surface area contributed by atoms with Crippen molar-refractivity contribution in [2.45, 2.75) is 40.7 Å². The van der Waals surface area contributed by atoms with Gasteiger partial charge in [-0.3, -0.25) is 9.59 Å². The highest BCUT2D eigenvalue weighted by molar-refractivity contribution is 5.94. The Morgan fingerprint density at radius 1 is 1.08 bits per heavy atom. The molecule has 0 saturated heterocycles. The van der Waals surface area contributed by atoms with E-state index in [1.165, 1.54) is 0 Å². The first kappa shape index (κ1) is 17.9. The number of nitrogens with one attached hydrogen (secondary N) is 1. The first-order valence-electron chi connectivity index (χ1n) is 8.90. The molecule has 0 unspecified atom stereocenters. The van der Waals surface area contributed by atoms with Crippen LogP contribution in [-0.2, 0) is 11.3 Å². The van der Waals surface area contributed by atoms with Gasteiger partial charge in [0.15, 0.2) is 0 Å². The fraction of sp³-hybridized carbons (Fsp3) is 0.273. The van der Waals surface area contributed by atoms with E-state index in [1.807, 2.05) is 70.2 Å². The minimum absolute atomic E-state index is 0.00226. The molecule has 3 aromatic rings. The molecule has 0 radical (unpaired) electrons. The summed E-state index contributed by atoms with van der Waals surface area (Å²) in [6.07, 6.45) is 0.387. The summed E-state index contributed by atoms with van der Waals surface area (Å²) >= 11 is 0. The molecule has 0 spiro atoms. The Morgan fingerprint density at radius 2 is 1.85 bits per heavy atom. The maximum Gasteiger partial charge on any atom is 0.253 e. The molecule has 1 amide bonds. The smallest absolute Gasteiger partial charge is 0.253 e. The van der Waals surface area contributed by atoms with Crippen molar-refractivity contribution in [2.24, 2.45) is 0 Å². The van der Waals surface area contributed by atoms with Gasteiger partial charge in [-0.25, -0.2) is 0 Å². The normalized spacial score (nSPS) is 10.9. The van der Waals surface area contributed by atoms with Crippen LogP contribution in [0.15, 0.2) is 47.3 Å². The number of amides is 1. The summed E-state index contributed by atoms with van der Waals surface area (Å²) in [7, 11) is 0. The molecule has 134 valence electrons. The molecule has 4 nitrogen and oxygen atoms in total. The zero-order valence-electron chi connectivity index (χ0n) is 15.7. The van der Waals surface area contributed by atoms with E-state index in [2.05, 4.69) is 4.98 Å².